The Morgan fingerprint density at radius 1 is 0.712 bits per heavy atom. The molecule has 2 unspecified atom stereocenters. The third-order valence-corrected chi connectivity index (χ3v) is 9.96. The van der Waals surface area contributed by atoms with Crippen LogP contribution < -0.4 is 0 Å². The van der Waals surface area contributed by atoms with Crippen LogP contribution in [0.15, 0.2) is 54.6 Å². The van der Waals surface area contributed by atoms with Crippen molar-refractivity contribution < 1.29 is 39.6 Å². The van der Waals surface area contributed by atoms with Gasteiger partial charge in [0.25, 0.3) is 0 Å². The predicted molar refractivity (Wildman–Crippen MR) is 205 cm³/mol. The van der Waals surface area contributed by atoms with Crippen LogP contribution in [0.5, 0.6) is 0 Å². The number of hydrogen-bond acceptors (Lipinski definition) is 6. The number of aliphatic hydroxyl groups is 2. The zero-order valence-corrected chi connectivity index (χ0v) is 31.6. The van der Waals surface area contributed by atoms with E-state index in [9.17, 15) is 29.4 Å². The van der Waals surface area contributed by atoms with Gasteiger partial charge < -0.3 is 30.2 Å². The van der Waals surface area contributed by atoms with Crippen LogP contribution in [0.3, 0.4) is 0 Å². The number of benzene rings is 1. The average Bonchev–Trinajstić information content (AvgIpc) is 3.11. The normalized spacial score (nSPS) is 19.1. The van der Waals surface area contributed by atoms with Crippen molar-refractivity contribution in [3.8, 4) is 0 Å². The average molecular weight is 727 g/mol. The number of likely N-dealkylation sites (tertiary alicyclic amines) is 2. The molecular formula is C42H66N2O8. The maximum Gasteiger partial charge on any atom is 0.303 e. The summed E-state index contributed by atoms with van der Waals surface area (Å²) in [5.74, 6) is -1.16. The van der Waals surface area contributed by atoms with E-state index in [1.165, 1.54) is 0 Å². The fourth-order valence-electron chi connectivity index (χ4n) is 6.97. The number of carbonyl (C=O) groups is 4. The number of amides is 2. The summed E-state index contributed by atoms with van der Waals surface area (Å²) in [4.78, 5) is 49.4. The summed E-state index contributed by atoms with van der Waals surface area (Å²) in [6.07, 6.45) is 23.4. The molecule has 3 rings (SSSR count). The van der Waals surface area contributed by atoms with Gasteiger partial charge in [-0.1, -0.05) is 80.8 Å². The minimum Gasteiger partial charge on any atom is -0.481 e. The van der Waals surface area contributed by atoms with Crippen LogP contribution >= 0.6 is 0 Å². The van der Waals surface area contributed by atoms with Crippen molar-refractivity contribution in [3.05, 3.63) is 60.2 Å². The van der Waals surface area contributed by atoms with Crippen LogP contribution in [0, 0.1) is 0 Å². The van der Waals surface area contributed by atoms with E-state index in [0.29, 0.717) is 51.6 Å². The molecule has 0 aromatic heterocycles. The zero-order valence-electron chi connectivity index (χ0n) is 31.6. The molecule has 0 aliphatic carbocycles. The number of aliphatic carboxylic acids is 2. The summed E-state index contributed by atoms with van der Waals surface area (Å²) in [6, 6.07) is 10.4. The van der Waals surface area contributed by atoms with E-state index < -0.39 is 18.0 Å². The van der Waals surface area contributed by atoms with Crippen molar-refractivity contribution in [2.75, 3.05) is 13.1 Å². The topological polar surface area (TPSA) is 156 Å². The number of piperidine rings is 2. The highest BCUT2D eigenvalue weighted by Crippen LogP contribution is 2.25. The second-order valence-electron chi connectivity index (χ2n) is 14.3. The quantitative estimate of drug-likeness (QED) is 0.0632. The Kier molecular flexibility index (Phi) is 23.3. The molecule has 2 saturated heterocycles. The summed E-state index contributed by atoms with van der Waals surface area (Å²) < 4.78 is 0. The first-order valence-electron chi connectivity index (χ1n) is 19.8. The van der Waals surface area contributed by atoms with Crippen molar-refractivity contribution in [3.63, 3.8) is 0 Å². The van der Waals surface area contributed by atoms with E-state index in [-0.39, 0.29) is 42.8 Å². The van der Waals surface area contributed by atoms with E-state index in [1.54, 1.807) is 0 Å². The van der Waals surface area contributed by atoms with Crippen molar-refractivity contribution in [1.29, 1.82) is 0 Å². The number of aliphatic hydroxyl groups excluding tert-OH is 2. The molecule has 2 aliphatic rings. The molecule has 10 heteroatoms. The maximum absolute atomic E-state index is 12.3. The molecule has 4 N–H and O–H groups in total. The lowest BCUT2D eigenvalue weighted by Crippen LogP contribution is -2.44. The Labute approximate surface area is 312 Å². The van der Waals surface area contributed by atoms with Gasteiger partial charge in [-0.05, 0) is 95.5 Å². The third-order valence-electron chi connectivity index (χ3n) is 9.96. The van der Waals surface area contributed by atoms with E-state index in [1.807, 2.05) is 64.4 Å². The highest BCUT2D eigenvalue weighted by atomic mass is 16.4. The number of carboxylic acid groups (broad SMARTS) is 2. The number of rotatable bonds is 24. The van der Waals surface area contributed by atoms with E-state index >= 15 is 0 Å². The van der Waals surface area contributed by atoms with Gasteiger partial charge in [-0.3, -0.25) is 19.2 Å². The lowest BCUT2D eigenvalue weighted by Gasteiger charge is -2.35. The molecular weight excluding hydrogens is 660 g/mol. The Balaban J connectivity index is 0.000000361. The van der Waals surface area contributed by atoms with Gasteiger partial charge in [-0.2, -0.15) is 0 Å². The number of nitrogens with zero attached hydrogens (tertiary/aromatic N) is 2. The summed E-state index contributed by atoms with van der Waals surface area (Å²) in [7, 11) is 0. The lowest BCUT2D eigenvalue weighted by atomic mass is 9.94. The van der Waals surface area contributed by atoms with Gasteiger partial charge in [0.1, 0.15) is 0 Å². The summed E-state index contributed by atoms with van der Waals surface area (Å²) in [5, 5.41) is 37.7. The van der Waals surface area contributed by atoms with Gasteiger partial charge in [0.15, 0.2) is 0 Å². The van der Waals surface area contributed by atoms with Gasteiger partial charge in [0, 0.05) is 50.9 Å². The monoisotopic (exact) mass is 726 g/mol. The van der Waals surface area contributed by atoms with Crippen LogP contribution in [-0.2, 0) is 25.6 Å². The summed E-state index contributed by atoms with van der Waals surface area (Å²) >= 11 is 0. The van der Waals surface area contributed by atoms with Gasteiger partial charge >= 0.3 is 11.9 Å². The molecule has 10 nitrogen and oxygen atoms in total. The predicted octanol–water partition coefficient (Wildman–Crippen LogP) is 7.46. The van der Waals surface area contributed by atoms with Crippen molar-refractivity contribution in [2.45, 2.75) is 166 Å². The summed E-state index contributed by atoms with van der Waals surface area (Å²) in [5.41, 5.74) is 1.13. The third kappa shape index (κ3) is 19.9. The van der Waals surface area contributed by atoms with E-state index in [4.69, 9.17) is 10.2 Å². The van der Waals surface area contributed by atoms with Crippen LogP contribution in [0.4, 0.5) is 0 Å². The Morgan fingerprint density at radius 3 is 1.69 bits per heavy atom. The van der Waals surface area contributed by atoms with Crippen molar-refractivity contribution in [1.82, 2.24) is 9.80 Å². The smallest absolute Gasteiger partial charge is 0.303 e. The first-order valence-corrected chi connectivity index (χ1v) is 19.8. The molecule has 2 amide bonds. The van der Waals surface area contributed by atoms with Crippen LogP contribution in [0.2, 0.25) is 0 Å². The van der Waals surface area contributed by atoms with Gasteiger partial charge in [-0.25, -0.2) is 0 Å². The molecule has 0 spiro atoms. The maximum atomic E-state index is 12.3. The Bertz CT molecular complexity index is 1220. The van der Waals surface area contributed by atoms with E-state index in [2.05, 4.69) is 6.92 Å². The van der Waals surface area contributed by atoms with Crippen molar-refractivity contribution >= 4 is 23.8 Å². The molecule has 1 aromatic carbocycles. The van der Waals surface area contributed by atoms with Crippen molar-refractivity contribution in [2.24, 2.45) is 0 Å². The second-order valence-corrected chi connectivity index (χ2v) is 14.3. The Morgan fingerprint density at radius 2 is 1.21 bits per heavy atom. The standard InChI is InChI=1S/C22H31NO4.C20H35NO4/c24-20(17-18-9-4-3-5-10-18)15-14-19-11-8-12-21(25)23(19)16-7-2-1-6-13-22(26)27;1-2-3-6-11-18(22)15-14-17-10-9-12-19(23)21(17)16-8-5-4-7-13-20(24)25/h2-5,7,9-10,19-20,24H,1,6,8,11-17H2,(H,26,27);5,8,17-18,22H,2-4,6-7,9-16H2,1H3,(H,24,25)/t19-,20?;17-,18?/m11/s1. The SMILES string of the molecule is CCCCCC(O)CC[C@H]1CCCC(=O)N1CC=CCCCC(=O)O.O=C(O)CCCC=CCN1C(=O)CCC[C@@H]1CCC(O)Cc1ccccc1. The van der Waals surface area contributed by atoms with Crippen LogP contribution in [0.1, 0.15) is 141 Å². The number of carboxylic acids is 2. The molecule has 0 radical (unpaired) electrons. The fraction of sp³-hybridized carbons (Fsp3) is 0.667. The molecule has 2 fully saturated rings. The number of unbranched alkanes of at least 4 members (excludes halogenated alkanes) is 4. The molecule has 2 aliphatic heterocycles. The molecule has 0 bridgehead atoms. The molecule has 2 heterocycles. The number of carbonyl (C=O) groups excluding carboxylic acids is 2. The van der Waals surface area contributed by atoms with Gasteiger partial charge in [0.05, 0.1) is 12.2 Å². The number of hydrogen-bond donors (Lipinski definition) is 4. The Hall–Kier alpha value is -3.50. The summed E-state index contributed by atoms with van der Waals surface area (Å²) in [6.45, 7) is 3.33. The van der Waals surface area contributed by atoms with Gasteiger partial charge in [-0.15, -0.1) is 0 Å². The molecule has 292 valence electrons. The highest BCUT2D eigenvalue weighted by Gasteiger charge is 2.28. The lowest BCUT2D eigenvalue weighted by molar-refractivity contribution is -0.138. The second kappa shape index (κ2) is 27.2. The fourth-order valence-corrected chi connectivity index (χ4v) is 6.97. The van der Waals surface area contributed by atoms with E-state index in [0.717, 1.165) is 89.0 Å². The largest absolute Gasteiger partial charge is 0.481 e. The molecule has 52 heavy (non-hydrogen) atoms. The minimum absolute atomic E-state index is 0.176. The first-order chi connectivity index (χ1) is 25.1. The van der Waals surface area contributed by atoms with Crippen LogP contribution in [-0.4, -0.2) is 91.4 Å². The minimum atomic E-state index is -0.774. The molecule has 0 saturated carbocycles. The van der Waals surface area contributed by atoms with Gasteiger partial charge in [0.2, 0.25) is 11.8 Å². The first kappa shape index (κ1) is 44.7. The van der Waals surface area contributed by atoms with Crippen LogP contribution in [0.25, 0.3) is 0 Å². The highest BCUT2D eigenvalue weighted by molar-refractivity contribution is 5.78. The molecule has 4 atom stereocenters. The number of allylic oxidation sites excluding steroid dienone is 2. The zero-order chi connectivity index (χ0) is 38.0. The molecule has 1 aromatic rings.